The molecule has 1 aromatic heterocycles. The van der Waals surface area contributed by atoms with Crippen molar-refractivity contribution in [1.82, 2.24) is 4.98 Å². The third kappa shape index (κ3) is 5.70. The zero-order chi connectivity index (χ0) is 20.5. The van der Waals surface area contributed by atoms with E-state index in [2.05, 4.69) is 20.5 Å². The van der Waals surface area contributed by atoms with Gasteiger partial charge in [-0.25, -0.2) is 9.78 Å². The molecule has 0 atom stereocenters. The molecular weight excluding hydrogens is 372 g/mol. The Hall–Kier alpha value is -4.07. The number of carbonyl (C=O) groups excluding carboxylic acids is 2. The number of benzene rings is 2. The molecule has 0 bridgehead atoms. The summed E-state index contributed by atoms with van der Waals surface area (Å²) in [6, 6.07) is 19.2. The normalized spacial score (nSPS) is 10.5. The van der Waals surface area contributed by atoms with Gasteiger partial charge in [-0.1, -0.05) is 18.2 Å². The molecule has 1 heterocycles. The fourth-order valence-corrected chi connectivity index (χ4v) is 2.34. The van der Waals surface area contributed by atoms with Crippen molar-refractivity contribution in [3.8, 4) is 5.88 Å². The average molecular weight is 390 g/mol. The molecule has 3 rings (SSSR count). The molecule has 146 valence electrons. The van der Waals surface area contributed by atoms with Crippen LogP contribution in [0.4, 0.5) is 17.1 Å². The number of ether oxygens (including phenoxy) is 2. The molecule has 0 aliphatic carbocycles. The lowest BCUT2D eigenvalue weighted by Crippen LogP contribution is -2.21. The van der Waals surface area contributed by atoms with E-state index in [0.717, 1.165) is 5.69 Å². The second kappa shape index (κ2) is 9.75. The minimum absolute atomic E-state index is 0.137. The molecule has 3 aromatic rings. The first kappa shape index (κ1) is 19.7. The van der Waals surface area contributed by atoms with E-state index >= 15 is 0 Å². The first-order valence-corrected chi connectivity index (χ1v) is 8.68. The summed E-state index contributed by atoms with van der Waals surface area (Å²) >= 11 is 0. The number of azo groups is 1. The zero-order valence-electron chi connectivity index (χ0n) is 15.6. The number of esters is 1. The smallest absolute Gasteiger partial charge is 0.344 e. The number of hydrogen-bond acceptors (Lipinski definition) is 7. The van der Waals surface area contributed by atoms with Gasteiger partial charge in [0.15, 0.2) is 6.61 Å². The second-order valence-electron chi connectivity index (χ2n) is 5.77. The van der Waals surface area contributed by atoms with Gasteiger partial charge >= 0.3 is 5.97 Å². The quantitative estimate of drug-likeness (QED) is 0.479. The molecular formula is C21H18N4O4. The van der Waals surface area contributed by atoms with Crippen LogP contribution in [0.5, 0.6) is 5.88 Å². The lowest BCUT2D eigenvalue weighted by Gasteiger charge is -2.08. The number of nitrogens with one attached hydrogen (secondary N) is 1. The highest BCUT2D eigenvalue weighted by Gasteiger charge is 2.15. The molecule has 0 saturated carbocycles. The van der Waals surface area contributed by atoms with Crippen molar-refractivity contribution in [3.63, 3.8) is 0 Å². The van der Waals surface area contributed by atoms with Crippen LogP contribution in [-0.4, -0.2) is 30.6 Å². The van der Waals surface area contributed by atoms with E-state index in [1.807, 2.05) is 30.3 Å². The predicted molar refractivity (Wildman–Crippen MR) is 107 cm³/mol. The Kier molecular flexibility index (Phi) is 6.62. The number of nitrogens with zero attached hydrogens (tertiary/aromatic N) is 3. The third-order valence-electron chi connectivity index (χ3n) is 3.71. The van der Waals surface area contributed by atoms with Gasteiger partial charge < -0.3 is 14.8 Å². The first-order valence-electron chi connectivity index (χ1n) is 8.68. The number of anilines is 1. The molecule has 8 heteroatoms. The van der Waals surface area contributed by atoms with Crippen LogP contribution in [0.2, 0.25) is 0 Å². The Balaban J connectivity index is 1.51. The molecule has 0 aliphatic heterocycles. The van der Waals surface area contributed by atoms with Crippen molar-refractivity contribution in [2.45, 2.75) is 0 Å². The van der Waals surface area contributed by atoms with Crippen LogP contribution in [0.3, 0.4) is 0 Å². The number of carbonyl (C=O) groups is 2. The molecule has 8 nitrogen and oxygen atoms in total. The van der Waals surface area contributed by atoms with Crippen molar-refractivity contribution in [2.24, 2.45) is 10.2 Å². The molecule has 2 aromatic carbocycles. The Morgan fingerprint density at radius 2 is 1.62 bits per heavy atom. The first-order chi connectivity index (χ1) is 14.2. The highest BCUT2D eigenvalue weighted by Crippen LogP contribution is 2.20. The molecule has 0 radical (unpaired) electrons. The molecule has 0 aliphatic rings. The van der Waals surface area contributed by atoms with Crippen molar-refractivity contribution in [2.75, 3.05) is 19.0 Å². The van der Waals surface area contributed by atoms with Crippen LogP contribution in [0, 0.1) is 0 Å². The minimum atomic E-state index is -0.693. The van der Waals surface area contributed by atoms with Crippen LogP contribution >= 0.6 is 0 Å². The average Bonchev–Trinajstić information content (AvgIpc) is 2.77. The van der Waals surface area contributed by atoms with Crippen molar-refractivity contribution < 1.29 is 19.1 Å². The van der Waals surface area contributed by atoms with Gasteiger partial charge in [0.2, 0.25) is 5.88 Å². The third-order valence-corrected chi connectivity index (χ3v) is 3.71. The predicted octanol–water partition coefficient (Wildman–Crippen LogP) is 4.30. The highest BCUT2D eigenvalue weighted by molar-refractivity contribution is 5.96. The van der Waals surface area contributed by atoms with E-state index in [4.69, 9.17) is 9.47 Å². The fraction of sp³-hybridized carbons (Fsp3) is 0.0952. The van der Waals surface area contributed by atoms with Crippen LogP contribution < -0.4 is 10.1 Å². The number of hydrogen-bond donors (Lipinski definition) is 1. The molecule has 0 saturated heterocycles. The summed E-state index contributed by atoms with van der Waals surface area (Å²) in [5.74, 6) is -1.03. The monoisotopic (exact) mass is 390 g/mol. The molecule has 1 N–H and O–H groups in total. The fourth-order valence-electron chi connectivity index (χ4n) is 2.34. The largest absolute Gasteiger partial charge is 0.480 e. The summed E-state index contributed by atoms with van der Waals surface area (Å²) in [6.07, 6.45) is 1.49. The Morgan fingerprint density at radius 1 is 0.931 bits per heavy atom. The maximum atomic E-state index is 12.1. The molecule has 0 spiro atoms. The topological polar surface area (TPSA) is 102 Å². The molecule has 0 unspecified atom stereocenters. The summed E-state index contributed by atoms with van der Waals surface area (Å²) in [6.45, 7) is -0.438. The van der Waals surface area contributed by atoms with E-state index in [1.165, 1.54) is 19.4 Å². The maximum Gasteiger partial charge on any atom is 0.344 e. The maximum absolute atomic E-state index is 12.1. The van der Waals surface area contributed by atoms with Gasteiger partial charge in [0.1, 0.15) is 5.56 Å². The van der Waals surface area contributed by atoms with E-state index < -0.39 is 18.5 Å². The van der Waals surface area contributed by atoms with Crippen LogP contribution in [-0.2, 0) is 9.53 Å². The number of rotatable bonds is 7. The van der Waals surface area contributed by atoms with Crippen molar-refractivity contribution in [3.05, 3.63) is 78.5 Å². The number of aromatic nitrogens is 1. The Bertz CT molecular complexity index is 1000. The van der Waals surface area contributed by atoms with Gasteiger partial charge in [-0.2, -0.15) is 10.2 Å². The van der Waals surface area contributed by atoms with Crippen LogP contribution in [0.25, 0.3) is 0 Å². The minimum Gasteiger partial charge on any atom is -0.480 e. The highest BCUT2D eigenvalue weighted by atomic mass is 16.5. The Morgan fingerprint density at radius 3 is 2.31 bits per heavy atom. The molecule has 0 fully saturated rings. The van der Waals surface area contributed by atoms with Gasteiger partial charge in [0.05, 0.1) is 18.5 Å². The van der Waals surface area contributed by atoms with Gasteiger partial charge in [-0.15, -0.1) is 0 Å². The summed E-state index contributed by atoms with van der Waals surface area (Å²) < 4.78 is 10.0. The zero-order valence-corrected chi connectivity index (χ0v) is 15.6. The van der Waals surface area contributed by atoms with Crippen molar-refractivity contribution >= 4 is 28.9 Å². The standard InChI is InChI=1S/C21H18N4O4/c1-28-20-18(8-5-13-22-20)21(27)29-14-19(26)23-15-9-11-17(12-10-15)25-24-16-6-3-2-4-7-16/h2-13H,14H2,1H3,(H,23,26). The summed E-state index contributed by atoms with van der Waals surface area (Å²) in [5.41, 5.74) is 2.08. The SMILES string of the molecule is COc1ncccc1C(=O)OCC(=O)Nc1ccc(N=Nc2ccccc2)cc1. The number of amides is 1. The molecule has 29 heavy (non-hydrogen) atoms. The van der Waals surface area contributed by atoms with Gasteiger partial charge in [-0.05, 0) is 48.5 Å². The van der Waals surface area contributed by atoms with Crippen molar-refractivity contribution in [1.29, 1.82) is 0 Å². The van der Waals surface area contributed by atoms with E-state index in [0.29, 0.717) is 11.4 Å². The van der Waals surface area contributed by atoms with Gasteiger partial charge in [0.25, 0.3) is 5.91 Å². The lowest BCUT2D eigenvalue weighted by molar-refractivity contribution is -0.119. The van der Waals surface area contributed by atoms with E-state index in [9.17, 15) is 9.59 Å². The Labute approximate surface area is 167 Å². The second-order valence-corrected chi connectivity index (χ2v) is 5.77. The molecule has 1 amide bonds. The van der Waals surface area contributed by atoms with E-state index in [1.54, 1.807) is 30.3 Å². The van der Waals surface area contributed by atoms with Gasteiger partial charge in [0, 0.05) is 11.9 Å². The summed E-state index contributed by atoms with van der Waals surface area (Å²) in [7, 11) is 1.40. The summed E-state index contributed by atoms with van der Waals surface area (Å²) in [4.78, 5) is 28.0. The van der Waals surface area contributed by atoms with Gasteiger partial charge in [-0.3, -0.25) is 4.79 Å². The number of methoxy groups -OCH3 is 1. The lowest BCUT2D eigenvalue weighted by atomic mass is 10.3. The summed E-state index contributed by atoms with van der Waals surface area (Å²) in [5, 5.41) is 10.9. The van der Waals surface area contributed by atoms with Crippen LogP contribution in [0.15, 0.2) is 83.2 Å². The van der Waals surface area contributed by atoms with Crippen LogP contribution in [0.1, 0.15) is 10.4 Å². The number of pyridine rings is 1. The van der Waals surface area contributed by atoms with E-state index in [-0.39, 0.29) is 11.4 Å².